The van der Waals surface area contributed by atoms with Crippen molar-refractivity contribution in [3.8, 4) is 0 Å². The van der Waals surface area contributed by atoms with E-state index >= 15 is 0 Å². The minimum Gasteiger partial charge on any atom is -0.381 e. The zero-order valence-electron chi connectivity index (χ0n) is 12.5. The fourth-order valence-corrected chi connectivity index (χ4v) is 2.20. The molecule has 2 aromatic rings. The highest BCUT2D eigenvalue weighted by molar-refractivity contribution is 5.92. The van der Waals surface area contributed by atoms with Crippen LogP contribution in [0.25, 0.3) is 0 Å². The largest absolute Gasteiger partial charge is 0.381 e. The highest BCUT2D eigenvalue weighted by Crippen LogP contribution is 2.17. The Hall–Kier alpha value is -2.33. The summed E-state index contributed by atoms with van der Waals surface area (Å²) in [5.41, 5.74) is 9.23. The van der Waals surface area contributed by atoms with Gasteiger partial charge in [-0.25, -0.2) is 0 Å². The molecule has 4 heteroatoms. The van der Waals surface area contributed by atoms with Crippen LogP contribution in [0.2, 0.25) is 0 Å². The molecular formula is C17H21N3O. The SMILES string of the molecule is CN(C)Cc1ccccc1NCc1cccc(C(N)=O)c1. The number of carbonyl (C=O) groups is 1. The Morgan fingerprint density at radius 1 is 1.14 bits per heavy atom. The fraction of sp³-hybridized carbons (Fsp3) is 0.235. The lowest BCUT2D eigenvalue weighted by Gasteiger charge is -2.15. The summed E-state index contributed by atoms with van der Waals surface area (Å²) in [6.45, 7) is 1.54. The number of rotatable bonds is 6. The Kier molecular flexibility index (Phi) is 4.95. The van der Waals surface area contributed by atoms with Crippen LogP contribution >= 0.6 is 0 Å². The fourth-order valence-electron chi connectivity index (χ4n) is 2.20. The van der Waals surface area contributed by atoms with Crippen molar-refractivity contribution in [3.63, 3.8) is 0 Å². The summed E-state index contributed by atoms with van der Waals surface area (Å²) < 4.78 is 0. The highest BCUT2D eigenvalue weighted by atomic mass is 16.1. The van der Waals surface area contributed by atoms with Gasteiger partial charge in [-0.1, -0.05) is 30.3 Å². The van der Waals surface area contributed by atoms with E-state index in [1.54, 1.807) is 6.07 Å². The number of primary amides is 1. The van der Waals surface area contributed by atoms with E-state index in [-0.39, 0.29) is 0 Å². The van der Waals surface area contributed by atoms with Gasteiger partial charge < -0.3 is 16.0 Å². The number of hydrogen-bond donors (Lipinski definition) is 2. The molecule has 0 heterocycles. The maximum absolute atomic E-state index is 11.2. The number of anilines is 1. The normalized spacial score (nSPS) is 10.6. The third-order valence-electron chi connectivity index (χ3n) is 3.20. The average Bonchev–Trinajstić information content (AvgIpc) is 2.46. The zero-order chi connectivity index (χ0) is 15.2. The molecule has 0 aliphatic carbocycles. The molecule has 0 saturated heterocycles. The second-order valence-corrected chi connectivity index (χ2v) is 5.31. The lowest BCUT2D eigenvalue weighted by atomic mass is 10.1. The third kappa shape index (κ3) is 4.33. The zero-order valence-corrected chi connectivity index (χ0v) is 12.5. The van der Waals surface area contributed by atoms with Gasteiger partial charge in [-0.3, -0.25) is 4.79 Å². The van der Waals surface area contributed by atoms with Crippen LogP contribution in [0.3, 0.4) is 0 Å². The summed E-state index contributed by atoms with van der Waals surface area (Å²) in [5.74, 6) is -0.398. The van der Waals surface area contributed by atoms with Crippen LogP contribution in [-0.2, 0) is 13.1 Å². The van der Waals surface area contributed by atoms with Gasteiger partial charge in [-0.15, -0.1) is 0 Å². The Bertz CT molecular complexity index is 623. The minimum atomic E-state index is -0.398. The van der Waals surface area contributed by atoms with Crippen LogP contribution in [0, 0.1) is 0 Å². The molecule has 0 spiro atoms. The van der Waals surface area contributed by atoms with Crippen molar-refractivity contribution in [2.75, 3.05) is 19.4 Å². The van der Waals surface area contributed by atoms with Crippen LogP contribution in [0.15, 0.2) is 48.5 Å². The van der Waals surface area contributed by atoms with Gasteiger partial charge in [0, 0.05) is 24.3 Å². The molecule has 0 radical (unpaired) electrons. The van der Waals surface area contributed by atoms with Gasteiger partial charge in [0.1, 0.15) is 0 Å². The lowest BCUT2D eigenvalue weighted by molar-refractivity contribution is 0.1000. The molecule has 0 bridgehead atoms. The Morgan fingerprint density at radius 3 is 2.62 bits per heavy atom. The van der Waals surface area contributed by atoms with E-state index in [1.807, 2.05) is 44.4 Å². The van der Waals surface area contributed by atoms with Crippen molar-refractivity contribution < 1.29 is 4.79 Å². The molecule has 0 aliphatic heterocycles. The number of carbonyl (C=O) groups excluding carboxylic acids is 1. The maximum Gasteiger partial charge on any atom is 0.248 e. The molecule has 4 nitrogen and oxygen atoms in total. The minimum absolute atomic E-state index is 0.398. The van der Waals surface area contributed by atoms with Crippen LogP contribution < -0.4 is 11.1 Å². The van der Waals surface area contributed by atoms with Gasteiger partial charge in [-0.05, 0) is 43.4 Å². The van der Waals surface area contributed by atoms with E-state index in [9.17, 15) is 4.79 Å². The standard InChI is InChI=1S/C17H21N3O/c1-20(2)12-15-7-3-4-9-16(15)19-11-13-6-5-8-14(10-13)17(18)21/h3-10,19H,11-12H2,1-2H3,(H2,18,21). The molecule has 21 heavy (non-hydrogen) atoms. The summed E-state index contributed by atoms with van der Waals surface area (Å²) in [4.78, 5) is 13.3. The summed E-state index contributed by atoms with van der Waals surface area (Å²) in [6, 6.07) is 15.6. The van der Waals surface area contributed by atoms with Gasteiger partial charge in [0.25, 0.3) is 0 Å². The first kappa shape index (κ1) is 15.1. The third-order valence-corrected chi connectivity index (χ3v) is 3.20. The van der Waals surface area contributed by atoms with E-state index in [0.717, 1.165) is 17.8 Å². The number of nitrogens with two attached hydrogens (primary N) is 1. The Labute approximate surface area is 125 Å². The topological polar surface area (TPSA) is 58.4 Å². The van der Waals surface area contributed by atoms with Gasteiger partial charge in [0.15, 0.2) is 0 Å². The Morgan fingerprint density at radius 2 is 1.90 bits per heavy atom. The summed E-state index contributed by atoms with van der Waals surface area (Å²) >= 11 is 0. The van der Waals surface area contributed by atoms with Gasteiger partial charge in [0.05, 0.1) is 0 Å². The van der Waals surface area contributed by atoms with E-state index in [0.29, 0.717) is 12.1 Å². The first-order valence-electron chi connectivity index (χ1n) is 6.91. The van der Waals surface area contributed by atoms with Crippen molar-refractivity contribution in [2.24, 2.45) is 5.73 Å². The van der Waals surface area contributed by atoms with Crippen molar-refractivity contribution in [2.45, 2.75) is 13.1 Å². The Balaban J connectivity index is 2.09. The molecule has 0 aliphatic rings. The molecule has 0 saturated carbocycles. The molecule has 2 rings (SSSR count). The second-order valence-electron chi connectivity index (χ2n) is 5.31. The molecule has 3 N–H and O–H groups in total. The number of nitrogens with one attached hydrogen (secondary N) is 1. The number of benzene rings is 2. The molecule has 110 valence electrons. The summed E-state index contributed by atoms with van der Waals surface area (Å²) in [7, 11) is 4.10. The molecule has 0 aromatic heterocycles. The first-order chi connectivity index (χ1) is 10.1. The first-order valence-corrected chi connectivity index (χ1v) is 6.91. The van der Waals surface area contributed by atoms with Crippen molar-refractivity contribution in [3.05, 3.63) is 65.2 Å². The molecule has 0 atom stereocenters. The predicted octanol–water partition coefficient (Wildman–Crippen LogP) is 2.46. The van der Waals surface area contributed by atoms with E-state index in [4.69, 9.17) is 5.73 Å². The molecule has 2 aromatic carbocycles. The van der Waals surface area contributed by atoms with Crippen molar-refractivity contribution in [1.82, 2.24) is 4.90 Å². The molecule has 1 amide bonds. The number of nitrogens with zero attached hydrogens (tertiary/aromatic N) is 1. The quantitative estimate of drug-likeness (QED) is 0.856. The molecular weight excluding hydrogens is 262 g/mol. The second kappa shape index (κ2) is 6.90. The molecule has 0 fully saturated rings. The monoisotopic (exact) mass is 283 g/mol. The van der Waals surface area contributed by atoms with Crippen LogP contribution in [0.5, 0.6) is 0 Å². The number of amides is 1. The van der Waals surface area contributed by atoms with Gasteiger partial charge >= 0.3 is 0 Å². The van der Waals surface area contributed by atoms with E-state index in [1.165, 1.54) is 5.56 Å². The van der Waals surface area contributed by atoms with E-state index < -0.39 is 5.91 Å². The van der Waals surface area contributed by atoms with E-state index in [2.05, 4.69) is 22.3 Å². The van der Waals surface area contributed by atoms with Crippen LogP contribution in [0.4, 0.5) is 5.69 Å². The highest BCUT2D eigenvalue weighted by Gasteiger charge is 2.04. The number of para-hydroxylation sites is 1. The van der Waals surface area contributed by atoms with Gasteiger partial charge in [-0.2, -0.15) is 0 Å². The predicted molar refractivity (Wildman–Crippen MR) is 86.1 cm³/mol. The lowest BCUT2D eigenvalue weighted by Crippen LogP contribution is -2.13. The smallest absolute Gasteiger partial charge is 0.248 e. The van der Waals surface area contributed by atoms with Crippen molar-refractivity contribution in [1.29, 1.82) is 0 Å². The van der Waals surface area contributed by atoms with Crippen LogP contribution in [-0.4, -0.2) is 24.9 Å². The summed E-state index contributed by atoms with van der Waals surface area (Å²) in [5, 5.41) is 3.42. The van der Waals surface area contributed by atoms with Crippen molar-refractivity contribution >= 4 is 11.6 Å². The maximum atomic E-state index is 11.2. The number of hydrogen-bond acceptors (Lipinski definition) is 3. The van der Waals surface area contributed by atoms with Gasteiger partial charge in [0.2, 0.25) is 5.91 Å². The average molecular weight is 283 g/mol. The summed E-state index contributed by atoms with van der Waals surface area (Å²) in [6.07, 6.45) is 0. The molecule has 0 unspecified atom stereocenters. The van der Waals surface area contributed by atoms with Crippen LogP contribution in [0.1, 0.15) is 21.5 Å².